The number of piperidine rings is 1. The average molecular weight is 414 g/mol. The monoisotopic (exact) mass is 412 g/mol. The molecule has 2 aromatic heterocycles. The summed E-state index contributed by atoms with van der Waals surface area (Å²) in [7, 11) is 1.60. The fourth-order valence-corrected chi connectivity index (χ4v) is 3.21. The zero-order chi connectivity index (χ0) is 17.1. The van der Waals surface area contributed by atoms with E-state index < -0.39 is 0 Å². The van der Waals surface area contributed by atoms with Crippen LogP contribution in [0.1, 0.15) is 13.3 Å². The third kappa shape index (κ3) is 3.89. The van der Waals surface area contributed by atoms with Crippen LogP contribution in [0.2, 0.25) is 5.02 Å². The highest BCUT2D eigenvalue weighted by atomic mass is 79.9. The van der Waals surface area contributed by atoms with Gasteiger partial charge in [0.05, 0.1) is 28.5 Å². The maximum atomic E-state index is 6.30. The Bertz CT molecular complexity index is 701. The number of nitrogens with zero attached hydrogens (tertiary/aromatic N) is 4. The molecule has 8 heteroatoms. The van der Waals surface area contributed by atoms with Crippen molar-refractivity contribution in [3.05, 3.63) is 34.2 Å². The first kappa shape index (κ1) is 17.2. The number of ether oxygens (including phenoxy) is 2. The van der Waals surface area contributed by atoms with E-state index in [-0.39, 0.29) is 6.10 Å². The normalized spacial score (nSPS) is 20.8. The van der Waals surface area contributed by atoms with Crippen LogP contribution in [0.15, 0.2) is 29.1 Å². The Labute approximate surface area is 154 Å². The van der Waals surface area contributed by atoms with Crippen molar-refractivity contribution in [1.29, 1.82) is 0 Å². The molecule has 0 saturated carbocycles. The Kier molecular flexibility index (Phi) is 5.40. The summed E-state index contributed by atoms with van der Waals surface area (Å²) in [6.45, 7) is 3.81. The Balaban J connectivity index is 1.68. The number of methoxy groups -OCH3 is 1. The molecule has 3 rings (SSSR count). The summed E-state index contributed by atoms with van der Waals surface area (Å²) in [4.78, 5) is 14.7. The number of hydrogen-bond donors (Lipinski definition) is 0. The van der Waals surface area contributed by atoms with E-state index in [0.717, 1.165) is 29.7 Å². The minimum atomic E-state index is 0.0740. The van der Waals surface area contributed by atoms with Gasteiger partial charge in [-0.3, -0.25) is 0 Å². The number of hydrogen-bond acceptors (Lipinski definition) is 6. The molecule has 2 unspecified atom stereocenters. The molecule has 0 radical (unpaired) electrons. The van der Waals surface area contributed by atoms with Gasteiger partial charge in [-0.1, -0.05) is 18.5 Å². The highest BCUT2D eigenvalue weighted by Crippen LogP contribution is 2.32. The average Bonchev–Trinajstić information content (AvgIpc) is 2.59. The second-order valence-electron chi connectivity index (χ2n) is 5.73. The highest BCUT2D eigenvalue weighted by Gasteiger charge is 2.29. The minimum Gasteiger partial charge on any atom is -0.481 e. The molecule has 1 aliphatic rings. The first-order valence-electron chi connectivity index (χ1n) is 7.65. The van der Waals surface area contributed by atoms with Crippen molar-refractivity contribution in [1.82, 2.24) is 15.0 Å². The van der Waals surface area contributed by atoms with E-state index in [9.17, 15) is 0 Å². The maximum absolute atomic E-state index is 6.30. The number of aromatic nitrogens is 3. The Morgan fingerprint density at radius 3 is 2.67 bits per heavy atom. The quantitative estimate of drug-likeness (QED) is 0.763. The number of rotatable bonds is 4. The van der Waals surface area contributed by atoms with Gasteiger partial charge in [0.1, 0.15) is 6.10 Å². The first-order chi connectivity index (χ1) is 11.6. The summed E-state index contributed by atoms with van der Waals surface area (Å²) < 4.78 is 12.0. The number of pyridine rings is 1. The zero-order valence-corrected chi connectivity index (χ0v) is 15.8. The topological polar surface area (TPSA) is 60.4 Å². The summed E-state index contributed by atoms with van der Waals surface area (Å²) >= 11 is 9.62. The lowest BCUT2D eigenvalue weighted by Gasteiger charge is -2.38. The predicted octanol–water partition coefficient (Wildman–Crippen LogP) is 3.59. The summed E-state index contributed by atoms with van der Waals surface area (Å²) in [5, 5.41) is 0.624. The summed E-state index contributed by atoms with van der Waals surface area (Å²) in [6.07, 6.45) is 5.93. The van der Waals surface area contributed by atoms with E-state index in [1.165, 1.54) is 0 Å². The number of halogens is 2. The van der Waals surface area contributed by atoms with Crippen LogP contribution in [0.4, 0.5) is 5.69 Å². The van der Waals surface area contributed by atoms with Crippen molar-refractivity contribution in [2.75, 3.05) is 25.1 Å². The van der Waals surface area contributed by atoms with Crippen molar-refractivity contribution in [3.63, 3.8) is 0 Å². The molecule has 2 atom stereocenters. The van der Waals surface area contributed by atoms with Crippen LogP contribution in [0.5, 0.6) is 11.9 Å². The van der Waals surface area contributed by atoms with Gasteiger partial charge in [-0.25, -0.2) is 15.0 Å². The summed E-state index contributed by atoms with van der Waals surface area (Å²) in [5.74, 6) is 0.866. The Morgan fingerprint density at radius 2 is 2.00 bits per heavy atom. The molecular formula is C16H18BrClN4O2. The summed E-state index contributed by atoms with van der Waals surface area (Å²) in [6, 6.07) is 2.28. The number of anilines is 1. The van der Waals surface area contributed by atoms with E-state index in [2.05, 4.69) is 42.7 Å². The van der Waals surface area contributed by atoms with E-state index in [4.69, 9.17) is 21.1 Å². The highest BCUT2D eigenvalue weighted by molar-refractivity contribution is 9.10. The van der Waals surface area contributed by atoms with Gasteiger partial charge in [-0.15, -0.1) is 0 Å². The third-order valence-corrected chi connectivity index (χ3v) is 4.74. The van der Waals surface area contributed by atoms with Gasteiger partial charge >= 0.3 is 6.01 Å². The molecule has 0 amide bonds. The van der Waals surface area contributed by atoms with Crippen LogP contribution in [-0.2, 0) is 0 Å². The third-order valence-electron chi connectivity index (χ3n) is 4.04. The van der Waals surface area contributed by atoms with Gasteiger partial charge < -0.3 is 14.4 Å². The molecule has 128 valence electrons. The smallest absolute Gasteiger partial charge is 0.316 e. The molecular weight excluding hydrogens is 396 g/mol. The molecule has 6 nitrogen and oxygen atoms in total. The van der Waals surface area contributed by atoms with Gasteiger partial charge in [-0.05, 0) is 15.9 Å². The molecule has 0 aromatic carbocycles. The van der Waals surface area contributed by atoms with Crippen LogP contribution in [0, 0.1) is 5.92 Å². The largest absolute Gasteiger partial charge is 0.481 e. The van der Waals surface area contributed by atoms with Crippen molar-refractivity contribution in [3.8, 4) is 11.9 Å². The lowest BCUT2D eigenvalue weighted by molar-refractivity contribution is 0.110. The molecule has 0 aliphatic carbocycles. The molecule has 0 N–H and O–H groups in total. The Morgan fingerprint density at radius 1 is 1.25 bits per heavy atom. The SMILES string of the molecule is COc1cc(N2CCC(Oc3ncc(Br)cn3)C(C)C2)c(Cl)cn1. The molecule has 2 aromatic rings. The molecule has 1 saturated heterocycles. The van der Waals surface area contributed by atoms with E-state index in [0.29, 0.717) is 22.8 Å². The van der Waals surface area contributed by atoms with Crippen molar-refractivity contribution in [2.24, 2.45) is 5.92 Å². The molecule has 24 heavy (non-hydrogen) atoms. The minimum absolute atomic E-state index is 0.0740. The van der Waals surface area contributed by atoms with Crippen molar-refractivity contribution >= 4 is 33.2 Å². The van der Waals surface area contributed by atoms with E-state index in [1.807, 2.05) is 6.07 Å². The van der Waals surface area contributed by atoms with Gasteiger partial charge in [-0.2, -0.15) is 0 Å². The van der Waals surface area contributed by atoms with Crippen LogP contribution < -0.4 is 14.4 Å². The molecule has 3 heterocycles. The lowest BCUT2D eigenvalue weighted by atomic mass is 9.96. The molecule has 1 aliphatic heterocycles. The van der Waals surface area contributed by atoms with Crippen LogP contribution in [0.3, 0.4) is 0 Å². The van der Waals surface area contributed by atoms with Crippen LogP contribution in [0.25, 0.3) is 0 Å². The van der Waals surface area contributed by atoms with Crippen LogP contribution in [-0.4, -0.2) is 41.3 Å². The van der Waals surface area contributed by atoms with Crippen molar-refractivity contribution < 1.29 is 9.47 Å². The van der Waals surface area contributed by atoms with Crippen LogP contribution >= 0.6 is 27.5 Å². The molecule has 0 spiro atoms. The van der Waals surface area contributed by atoms with Gasteiger partial charge in [0.2, 0.25) is 5.88 Å². The Hall–Kier alpha value is -1.60. The lowest BCUT2D eigenvalue weighted by Crippen LogP contribution is -2.44. The summed E-state index contributed by atoms with van der Waals surface area (Å²) in [5.41, 5.74) is 0.939. The molecule has 1 fully saturated rings. The first-order valence-corrected chi connectivity index (χ1v) is 8.82. The van der Waals surface area contributed by atoms with E-state index in [1.54, 1.807) is 25.7 Å². The zero-order valence-electron chi connectivity index (χ0n) is 13.4. The van der Waals surface area contributed by atoms with E-state index >= 15 is 0 Å². The molecule has 0 bridgehead atoms. The maximum Gasteiger partial charge on any atom is 0.316 e. The standard InChI is InChI=1S/C16H18BrClN4O2/c1-10-9-22(13-5-15(23-2)19-8-12(13)18)4-3-14(10)24-16-20-6-11(17)7-21-16/h5-8,10,14H,3-4,9H2,1-2H3. The fourth-order valence-electron chi connectivity index (χ4n) is 2.78. The second kappa shape index (κ2) is 7.53. The second-order valence-corrected chi connectivity index (χ2v) is 7.05. The van der Waals surface area contributed by atoms with Gasteiger partial charge in [0.25, 0.3) is 0 Å². The van der Waals surface area contributed by atoms with Crippen molar-refractivity contribution in [2.45, 2.75) is 19.4 Å². The van der Waals surface area contributed by atoms with Gasteiger partial charge in [0, 0.05) is 43.9 Å². The predicted molar refractivity (Wildman–Crippen MR) is 95.9 cm³/mol. The van der Waals surface area contributed by atoms with Gasteiger partial charge in [0.15, 0.2) is 0 Å². The fraction of sp³-hybridized carbons (Fsp3) is 0.438.